The van der Waals surface area contributed by atoms with Crippen molar-refractivity contribution < 1.29 is 33.6 Å². The van der Waals surface area contributed by atoms with Gasteiger partial charge >= 0.3 is 5.97 Å². The number of hydrogen-bond acceptors (Lipinski definition) is 10. The van der Waals surface area contributed by atoms with Gasteiger partial charge in [0.15, 0.2) is 6.61 Å². The van der Waals surface area contributed by atoms with Gasteiger partial charge in [0.1, 0.15) is 24.2 Å². The summed E-state index contributed by atoms with van der Waals surface area (Å²) >= 11 is 6.49. The summed E-state index contributed by atoms with van der Waals surface area (Å²) in [7, 11) is 0. The Morgan fingerprint density at radius 2 is 1.80 bits per heavy atom. The molecule has 1 aliphatic rings. The van der Waals surface area contributed by atoms with E-state index < -0.39 is 18.0 Å². The quantitative estimate of drug-likeness (QED) is 0.149. The van der Waals surface area contributed by atoms with E-state index >= 15 is 0 Å². The lowest BCUT2D eigenvalue weighted by Crippen LogP contribution is -2.35. The first-order chi connectivity index (χ1) is 21.6. The third-order valence-electron chi connectivity index (χ3n) is 6.69. The Morgan fingerprint density at radius 1 is 1.11 bits per heavy atom. The zero-order valence-electron chi connectivity index (χ0n) is 26.0. The van der Waals surface area contributed by atoms with E-state index in [0.29, 0.717) is 45.6 Å². The molecule has 242 valence electrons. The van der Waals surface area contributed by atoms with E-state index in [0.717, 1.165) is 0 Å². The highest BCUT2D eigenvalue weighted by Crippen LogP contribution is 2.41. The molecule has 2 aromatic carbocycles. The minimum Gasteiger partial charge on any atom is -0.491 e. The molecule has 4 N–H and O–H groups in total. The van der Waals surface area contributed by atoms with E-state index in [1.807, 2.05) is 13.8 Å². The van der Waals surface area contributed by atoms with Gasteiger partial charge in [-0.3, -0.25) is 4.79 Å². The number of hydrogen-bond donors (Lipinski definition) is 4. The number of esters is 1. The SMILES string of the molecule is CCOC(=O)C1=C(COCCNC(=O)COc2ccc(OCC(O)CNC(C)C)cc2)NC(C)=C(C#N)C1c1ccccc1Cl. The van der Waals surface area contributed by atoms with Gasteiger partial charge in [-0.25, -0.2) is 4.79 Å². The Kier molecular flexibility index (Phi) is 14.2. The first-order valence-electron chi connectivity index (χ1n) is 14.8. The van der Waals surface area contributed by atoms with Crippen molar-refractivity contribution in [2.75, 3.05) is 46.1 Å². The van der Waals surface area contributed by atoms with Crippen molar-refractivity contribution in [2.24, 2.45) is 0 Å². The molecule has 0 bridgehead atoms. The van der Waals surface area contributed by atoms with Crippen molar-refractivity contribution in [1.82, 2.24) is 16.0 Å². The van der Waals surface area contributed by atoms with Crippen molar-refractivity contribution in [1.29, 1.82) is 5.26 Å². The molecule has 0 saturated carbocycles. The molecule has 12 heteroatoms. The molecule has 0 radical (unpaired) electrons. The summed E-state index contributed by atoms with van der Waals surface area (Å²) in [4.78, 5) is 25.4. The molecule has 2 unspecified atom stereocenters. The van der Waals surface area contributed by atoms with Crippen LogP contribution >= 0.6 is 11.6 Å². The molecule has 1 amide bonds. The van der Waals surface area contributed by atoms with Crippen LogP contribution in [0.5, 0.6) is 11.5 Å². The van der Waals surface area contributed by atoms with Crippen molar-refractivity contribution in [3.05, 3.63) is 81.7 Å². The van der Waals surface area contributed by atoms with Crippen LogP contribution in [0.15, 0.2) is 71.1 Å². The Balaban J connectivity index is 1.50. The standard InChI is InChI=1S/C33H41ClN4O7/c1-5-43-33(41)32-29(38-22(4)27(16-35)31(32)26-8-6-7-9-28(26)34)19-42-15-14-36-30(40)20-45-25-12-10-24(11-13-25)44-18-23(39)17-37-21(2)3/h6-13,21,23,31,37-39H,5,14-15,17-20H2,1-4H3,(H,36,40). The third-order valence-corrected chi connectivity index (χ3v) is 7.03. The zero-order chi connectivity index (χ0) is 32.8. The third kappa shape index (κ3) is 10.8. The van der Waals surface area contributed by atoms with Gasteiger partial charge in [-0.05, 0) is 49.7 Å². The average molecular weight is 641 g/mol. The van der Waals surface area contributed by atoms with Gasteiger partial charge in [-0.1, -0.05) is 43.6 Å². The van der Waals surface area contributed by atoms with Crippen LogP contribution in [-0.2, 0) is 19.1 Å². The molecule has 0 saturated heterocycles. The second-order valence-electron chi connectivity index (χ2n) is 10.5. The first-order valence-corrected chi connectivity index (χ1v) is 15.2. The smallest absolute Gasteiger partial charge is 0.336 e. The highest BCUT2D eigenvalue weighted by Gasteiger charge is 2.36. The molecular formula is C33H41ClN4O7. The number of amides is 1. The molecule has 0 aliphatic carbocycles. The van der Waals surface area contributed by atoms with Crippen molar-refractivity contribution in [2.45, 2.75) is 45.8 Å². The van der Waals surface area contributed by atoms with Gasteiger partial charge in [0.25, 0.3) is 5.91 Å². The number of allylic oxidation sites excluding steroid dienone is 2. The van der Waals surface area contributed by atoms with Crippen LogP contribution in [0.25, 0.3) is 0 Å². The number of carbonyl (C=O) groups excluding carboxylic acids is 2. The largest absolute Gasteiger partial charge is 0.491 e. The lowest BCUT2D eigenvalue weighted by atomic mass is 9.81. The molecular weight excluding hydrogens is 600 g/mol. The van der Waals surface area contributed by atoms with Crippen molar-refractivity contribution >= 4 is 23.5 Å². The molecule has 11 nitrogen and oxygen atoms in total. The molecule has 1 heterocycles. The predicted molar refractivity (Wildman–Crippen MR) is 170 cm³/mol. The summed E-state index contributed by atoms with van der Waals surface area (Å²) in [6.45, 7) is 8.39. The number of carbonyl (C=O) groups is 2. The molecule has 45 heavy (non-hydrogen) atoms. The fourth-order valence-corrected chi connectivity index (χ4v) is 4.77. The number of aliphatic hydroxyl groups is 1. The second kappa shape index (κ2) is 18.0. The number of nitriles is 1. The second-order valence-corrected chi connectivity index (χ2v) is 10.9. The molecule has 2 atom stereocenters. The van der Waals surface area contributed by atoms with Crippen LogP contribution in [0.3, 0.4) is 0 Å². The Bertz CT molecular complexity index is 1400. The summed E-state index contributed by atoms with van der Waals surface area (Å²) < 4.78 is 22.3. The summed E-state index contributed by atoms with van der Waals surface area (Å²) in [6, 6.07) is 16.3. The minimum absolute atomic E-state index is 0.0111. The maximum absolute atomic E-state index is 13.1. The van der Waals surface area contributed by atoms with Crippen LogP contribution in [0.1, 0.15) is 39.2 Å². The molecule has 3 rings (SSSR count). The van der Waals surface area contributed by atoms with Crippen molar-refractivity contribution in [3.8, 4) is 17.6 Å². The fourth-order valence-electron chi connectivity index (χ4n) is 4.52. The summed E-state index contributed by atoms with van der Waals surface area (Å²) in [5.41, 5.74) is 2.26. The van der Waals surface area contributed by atoms with Gasteiger partial charge in [0.2, 0.25) is 0 Å². The average Bonchev–Trinajstić information content (AvgIpc) is 3.02. The van der Waals surface area contributed by atoms with Crippen LogP contribution in [0.4, 0.5) is 0 Å². The van der Waals surface area contributed by atoms with E-state index in [4.69, 9.17) is 30.5 Å². The zero-order valence-corrected chi connectivity index (χ0v) is 26.8. The summed E-state index contributed by atoms with van der Waals surface area (Å²) in [6.07, 6.45) is -0.631. The van der Waals surface area contributed by atoms with E-state index in [9.17, 15) is 20.0 Å². The monoisotopic (exact) mass is 640 g/mol. The van der Waals surface area contributed by atoms with E-state index in [1.54, 1.807) is 62.4 Å². The van der Waals surface area contributed by atoms with E-state index in [1.165, 1.54) is 0 Å². The lowest BCUT2D eigenvalue weighted by molar-refractivity contribution is -0.139. The number of ether oxygens (including phenoxy) is 4. The van der Waals surface area contributed by atoms with E-state index in [-0.39, 0.29) is 57.1 Å². The Morgan fingerprint density at radius 3 is 2.44 bits per heavy atom. The van der Waals surface area contributed by atoms with Crippen LogP contribution in [-0.4, -0.2) is 75.3 Å². The topological polar surface area (TPSA) is 151 Å². The normalized spacial score (nSPS) is 15.3. The fraction of sp³-hybridized carbons (Fsp3) is 0.424. The molecule has 0 spiro atoms. The van der Waals surface area contributed by atoms with Gasteiger partial charge < -0.3 is 40.0 Å². The number of rotatable bonds is 17. The maximum atomic E-state index is 13.1. The van der Waals surface area contributed by atoms with Crippen molar-refractivity contribution in [3.63, 3.8) is 0 Å². The van der Waals surface area contributed by atoms with Gasteiger partial charge in [0.05, 0.1) is 48.7 Å². The number of aliphatic hydroxyl groups excluding tert-OH is 1. The number of dihydropyridines is 1. The molecule has 1 aliphatic heterocycles. The number of nitrogens with zero attached hydrogens (tertiary/aromatic N) is 1. The highest BCUT2D eigenvalue weighted by atomic mass is 35.5. The Labute approximate surface area is 269 Å². The number of nitrogens with one attached hydrogen (secondary N) is 3. The summed E-state index contributed by atoms with van der Waals surface area (Å²) in [5.74, 6) is -0.563. The lowest BCUT2D eigenvalue weighted by Gasteiger charge is -2.30. The predicted octanol–water partition coefficient (Wildman–Crippen LogP) is 3.59. The molecule has 0 fully saturated rings. The van der Waals surface area contributed by atoms with Gasteiger partial charge in [0, 0.05) is 29.9 Å². The van der Waals surface area contributed by atoms with E-state index in [2.05, 4.69) is 22.0 Å². The molecule has 2 aromatic rings. The highest BCUT2D eigenvalue weighted by molar-refractivity contribution is 6.31. The first kappa shape index (κ1) is 35.4. The van der Waals surface area contributed by atoms with Gasteiger partial charge in [-0.15, -0.1) is 0 Å². The molecule has 0 aromatic heterocycles. The summed E-state index contributed by atoms with van der Waals surface area (Å²) in [5, 5.41) is 29.3. The maximum Gasteiger partial charge on any atom is 0.336 e. The van der Waals surface area contributed by atoms with Crippen LogP contribution < -0.4 is 25.4 Å². The van der Waals surface area contributed by atoms with Crippen LogP contribution in [0, 0.1) is 11.3 Å². The number of benzene rings is 2. The Hall–Kier alpha value is -4.08. The number of halogens is 1. The minimum atomic E-state index is -0.723. The van der Waals surface area contributed by atoms with Gasteiger partial charge in [-0.2, -0.15) is 5.26 Å². The van der Waals surface area contributed by atoms with Crippen LogP contribution in [0.2, 0.25) is 5.02 Å².